The molecule has 4 heterocycles. The van der Waals surface area contributed by atoms with Crippen molar-refractivity contribution in [1.29, 1.82) is 0 Å². The Labute approximate surface area is 167 Å². The van der Waals surface area contributed by atoms with Crippen molar-refractivity contribution in [2.75, 3.05) is 13.6 Å². The van der Waals surface area contributed by atoms with Gasteiger partial charge >= 0.3 is 0 Å². The van der Waals surface area contributed by atoms with Crippen molar-refractivity contribution in [2.45, 2.75) is 20.0 Å². The fourth-order valence-corrected chi connectivity index (χ4v) is 3.50. The molecule has 5 rings (SSSR count). The largest absolute Gasteiger partial charge is 0.339 e. The first-order valence-electron chi connectivity index (χ1n) is 9.43. The Balaban J connectivity index is 1.61. The lowest BCUT2D eigenvalue weighted by atomic mass is 10.2. The highest BCUT2D eigenvalue weighted by Gasteiger charge is 2.26. The van der Waals surface area contributed by atoms with Crippen molar-refractivity contribution in [3.8, 4) is 22.9 Å². The quantitative estimate of drug-likeness (QED) is 0.576. The summed E-state index contributed by atoms with van der Waals surface area (Å²) in [5.74, 6) is 1.17. The molecule has 1 aliphatic heterocycles. The summed E-state index contributed by atoms with van der Waals surface area (Å²) in [7, 11) is 1.80. The van der Waals surface area contributed by atoms with E-state index >= 15 is 0 Å². The lowest BCUT2D eigenvalue weighted by Crippen LogP contribution is -2.37. The van der Waals surface area contributed by atoms with Gasteiger partial charge in [0.1, 0.15) is 11.4 Å². The number of carbonyl (C=O) groups is 1. The summed E-state index contributed by atoms with van der Waals surface area (Å²) in [6.45, 7) is 3.79. The van der Waals surface area contributed by atoms with Gasteiger partial charge < -0.3 is 4.90 Å². The van der Waals surface area contributed by atoms with Crippen LogP contribution in [0.1, 0.15) is 21.7 Å². The summed E-state index contributed by atoms with van der Waals surface area (Å²) in [4.78, 5) is 18.9. The zero-order chi connectivity index (χ0) is 20.0. The molecule has 9 heteroatoms. The van der Waals surface area contributed by atoms with Crippen LogP contribution in [-0.4, -0.2) is 59.1 Å². The molecule has 0 unspecified atom stereocenters. The van der Waals surface area contributed by atoms with E-state index in [0.717, 1.165) is 16.8 Å². The van der Waals surface area contributed by atoms with Crippen LogP contribution in [0.4, 0.5) is 0 Å². The summed E-state index contributed by atoms with van der Waals surface area (Å²) in [6.07, 6.45) is 1.72. The summed E-state index contributed by atoms with van der Waals surface area (Å²) < 4.78 is 3.58. The minimum Gasteiger partial charge on any atom is -0.339 e. The standard InChI is InChI=1S/C20H20N8O/c1-13-15(11-21-23-13)18-22-19(28(25-18)12-14-6-4-3-5-7-14)16-10-17-20(29)26(2)8-9-27(17)24-16/h3-7,10-11H,8-9,12H2,1-2H3,(H,21,23). The SMILES string of the molecule is Cc1[nH]ncc1-c1nc(-c2cc3n(n2)CCN(C)C3=O)n(Cc2ccccc2)n1. The third kappa shape index (κ3) is 3.00. The summed E-state index contributed by atoms with van der Waals surface area (Å²) in [6, 6.07) is 11.9. The molecule has 0 bridgehead atoms. The van der Waals surface area contributed by atoms with Gasteiger partial charge in [-0.3, -0.25) is 14.6 Å². The molecule has 0 atom stereocenters. The van der Waals surface area contributed by atoms with E-state index in [0.29, 0.717) is 42.7 Å². The van der Waals surface area contributed by atoms with E-state index in [9.17, 15) is 4.79 Å². The minimum atomic E-state index is -0.0324. The topological polar surface area (TPSA) is 97.5 Å². The number of carbonyl (C=O) groups excluding carboxylic acids is 1. The van der Waals surface area contributed by atoms with E-state index in [1.807, 2.05) is 41.9 Å². The molecule has 1 N–H and O–H groups in total. The average Bonchev–Trinajstić information content (AvgIpc) is 3.44. The Morgan fingerprint density at radius 1 is 1.14 bits per heavy atom. The lowest BCUT2D eigenvalue weighted by Gasteiger charge is -2.22. The molecule has 29 heavy (non-hydrogen) atoms. The number of likely N-dealkylation sites (N-methyl/N-ethyl adjacent to an activating group) is 1. The molecule has 0 aliphatic carbocycles. The van der Waals surface area contributed by atoms with Crippen molar-refractivity contribution in [1.82, 2.24) is 39.6 Å². The van der Waals surface area contributed by atoms with Gasteiger partial charge in [0.25, 0.3) is 5.91 Å². The van der Waals surface area contributed by atoms with Crippen LogP contribution in [0.5, 0.6) is 0 Å². The molecule has 1 aliphatic rings. The van der Waals surface area contributed by atoms with E-state index in [1.54, 1.807) is 28.9 Å². The second-order valence-corrected chi connectivity index (χ2v) is 7.18. The van der Waals surface area contributed by atoms with Gasteiger partial charge in [0.05, 0.1) is 24.8 Å². The molecule has 9 nitrogen and oxygen atoms in total. The smallest absolute Gasteiger partial charge is 0.271 e. The maximum Gasteiger partial charge on any atom is 0.271 e. The normalized spacial score (nSPS) is 13.7. The number of benzene rings is 1. The number of H-pyrrole nitrogens is 1. The van der Waals surface area contributed by atoms with Crippen molar-refractivity contribution < 1.29 is 4.79 Å². The number of nitrogens with zero attached hydrogens (tertiary/aromatic N) is 7. The number of hydrogen-bond acceptors (Lipinski definition) is 5. The molecule has 0 saturated carbocycles. The Morgan fingerprint density at radius 3 is 2.72 bits per heavy atom. The number of aromatic amines is 1. The highest BCUT2D eigenvalue weighted by Crippen LogP contribution is 2.25. The Bertz CT molecular complexity index is 1190. The van der Waals surface area contributed by atoms with E-state index in [4.69, 9.17) is 10.1 Å². The summed E-state index contributed by atoms with van der Waals surface area (Å²) in [5, 5.41) is 16.4. The molecule has 1 amide bonds. The van der Waals surface area contributed by atoms with E-state index in [2.05, 4.69) is 15.3 Å². The van der Waals surface area contributed by atoms with Crippen LogP contribution in [0.2, 0.25) is 0 Å². The van der Waals surface area contributed by atoms with E-state index in [-0.39, 0.29) is 5.91 Å². The molecule has 4 aromatic rings. The average molecular weight is 388 g/mol. The van der Waals surface area contributed by atoms with Crippen LogP contribution in [0.3, 0.4) is 0 Å². The van der Waals surface area contributed by atoms with Gasteiger partial charge in [-0.25, -0.2) is 9.67 Å². The molecule has 0 saturated heterocycles. The first-order chi connectivity index (χ1) is 14.1. The third-order valence-corrected chi connectivity index (χ3v) is 5.14. The first-order valence-corrected chi connectivity index (χ1v) is 9.43. The molecule has 146 valence electrons. The fourth-order valence-electron chi connectivity index (χ4n) is 3.50. The summed E-state index contributed by atoms with van der Waals surface area (Å²) >= 11 is 0. The Kier molecular flexibility index (Phi) is 4.01. The molecule has 3 aromatic heterocycles. The number of aromatic nitrogens is 7. The molecular weight excluding hydrogens is 368 g/mol. The Morgan fingerprint density at radius 2 is 1.97 bits per heavy atom. The predicted octanol–water partition coefficient (Wildman–Crippen LogP) is 1.97. The van der Waals surface area contributed by atoms with Gasteiger partial charge in [-0.2, -0.15) is 10.2 Å². The number of rotatable bonds is 4. The first kappa shape index (κ1) is 17.4. The Hall–Kier alpha value is -3.75. The monoisotopic (exact) mass is 388 g/mol. The molecule has 0 spiro atoms. The van der Waals surface area contributed by atoms with Crippen molar-refractivity contribution in [3.05, 3.63) is 59.5 Å². The predicted molar refractivity (Wildman–Crippen MR) is 106 cm³/mol. The van der Waals surface area contributed by atoms with E-state index in [1.165, 1.54) is 0 Å². The van der Waals surface area contributed by atoms with Crippen LogP contribution >= 0.6 is 0 Å². The van der Waals surface area contributed by atoms with Gasteiger partial charge in [0, 0.05) is 25.4 Å². The highest BCUT2D eigenvalue weighted by atomic mass is 16.2. The van der Waals surface area contributed by atoms with Crippen LogP contribution in [0.15, 0.2) is 42.6 Å². The number of hydrogen-bond donors (Lipinski definition) is 1. The summed E-state index contributed by atoms with van der Waals surface area (Å²) in [5.41, 5.74) is 4.06. The molecule has 0 radical (unpaired) electrons. The molecule has 0 fully saturated rings. The van der Waals surface area contributed by atoms with Gasteiger partial charge in [-0.1, -0.05) is 30.3 Å². The van der Waals surface area contributed by atoms with Crippen LogP contribution in [0.25, 0.3) is 22.9 Å². The van der Waals surface area contributed by atoms with E-state index < -0.39 is 0 Å². The number of aryl methyl sites for hydroxylation is 1. The highest BCUT2D eigenvalue weighted by molar-refractivity contribution is 5.94. The van der Waals surface area contributed by atoms with Gasteiger partial charge in [-0.15, -0.1) is 5.10 Å². The van der Waals surface area contributed by atoms with Crippen molar-refractivity contribution in [3.63, 3.8) is 0 Å². The zero-order valence-electron chi connectivity index (χ0n) is 16.2. The minimum absolute atomic E-state index is 0.0324. The fraction of sp³-hybridized carbons (Fsp3) is 0.250. The number of amides is 1. The number of fused-ring (bicyclic) bond motifs is 1. The molecular formula is C20H20N8O. The second kappa shape index (κ2) is 6.69. The van der Waals surface area contributed by atoms with Crippen LogP contribution in [0, 0.1) is 6.92 Å². The van der Waals surface area contributed by atoms with Gasteiger partial charge in [0.2, 0.25) is 0 Å². The molecule has 1 aromatic carbocycles. The third-order valence-electron chi connectivity index (χ3n) is 5.14. The second-order valence-electron chi connectivity index (χ2n) is 7.18. The van der Waals surface area contributed by atoms with Crippen molar-refractivity contribution >= 4 is 5.91 Å². The van der Waals surface area contributed by atoms with Crippen molar-refractivity contribution in [2.24, 2.45) is 0 Å². The van der Waals surface area contributed by atoms with Gasteiger partial charge in [-0.05, 0) is 12.5 Å². The van der Waals surface area contributed by atoms with Crippen LogP contribution < -0.4 is 0 Å². The zero-order valence-corrected chi connectivity index (χ0v) is 16.2. The van der Waals surface area contributed by atoms with Crippen LogP contribution in [-0.2, 0) is 13.1 Å². The van der Waals surface area contributed by atoms with Gasteiger partial charge in [0.15, 0.2) is 11.6 Å². The maximum atomic E-state index is 12.5. The number of nitrogens with one attached hydrogen (secondary N) is 1. The maximum absolute atomic E-state index is 12.5. The lowest BCUT2D eigenvalue weighted by molar-refractivity contribution is 0.0743.